The van der Waals surface area contributed by atoms with Gasteiger partial charge in [-0.05, 0) is 93.5 Å². The zero-order chi connectivity index (χ0) is 17.3. The lowest BCUT2D eigenvalue weighted by Gasteiger charge is -2.57. The lowest BCUT2D eigenvalue weighted by molar-refractivity contribution is -0.0101. The molecule has 4 bridgehead atoms. The molecule has 0 radical (unpaired) electrons. The van der Waals surface area contributed by atoms with Crippen molar-refractivity contribution >= 4 is 17.3 Å². The number of hydrogen-bond acceptors (Lipinski definition) is 2. The van der Waals surface area contributed by atoms with Gasteiger partial charge in [0.1, 0.15) is 5.75 Å². The second kappa shape index (κ2) is 7.14. The SMILES string of the molecule is CCOc1ccccc1CCNC(=S)NC12CC3CC(CC(C3)C1)C2. The molecule has 1 aromatic rings. The van der Waals surface area contributed by atoms with Gasteiger partial charge in [0.25, 0.3) is 0 Å². The maximum atomic E-state index is 5.71. The molecule has 136 valence electrons. The Balaban J connectivity index is 1.29. The molecule has 0 atom stereocenters. The van der Waals surface area contributed by atoms with Gasteiger partial charge in [0, 0.05) is 12.1 Å². The standard InChI is InChI=1S/C21H30N2OS/c1-2-24-19-6-4-3-5-18(19)7-8-22-20(25)23-21-12-15-9-16(13-21)11-17(10-15)14-21/h3-6,15-17H,2,7-14H2,1H3,(H2,22,23,25). The van der Waals surface area contributed by atoms with Crippen molar-refractivity contribution in [3.63, 3.8) is 0 Å². The van der Waals surface area contributed by atoms with Crippen LogP contribution in [0.25, 0.3) is 0 Å². The van der Waals surface area contributed by atoms with Crippen LogP contribution in [-0.4, -0.2) is 23.8 Å². The fourth-order valence-corrected chi connectivity index (χ4v) is 6.18. The molecule has 25 heavy (non-hydrogen) atoms. The highest BCUT2D eigenvalue weighted by molar-refractivity contribution is 7.80. The van der Waals surface area contributed by atoms with E-state index in [0.717, 1.165) is 41.6 Å². The molecule has 4 aliphatic rings. The highest BCUT2D eigenvalue weighted by Crippen LogP contribution is 2.55. The molecule has 5 rings (SSSR count). The van der Waals surface area contributed by atoms with Crippen LogP contribution in [0.3, 0.4) is 0 Å². The van der Waals surface area contributed by atoms with E-state index < -0.39 is 0 Å². The molecule has 4 saturated carbocycles. The minimum atomic E-state index is 0.294. The molecule has 0 saturated heterocycles. The Morgan fingerprint density at radius 1 is 1.12 bits per heavy atom. The van der Waals surface area contributed by atoms with Crippen molar-refractivity contribution in [3.8, 4) is 5.75 Å². The fraction of sp³-hybridized carbons (Fsp3) is 0.667. The molecule has 0 heterocycles. The van der Waals surface area contributed by atoms with Gasteiger partial charge in [-0.15, -0.1) is 0 Å². The first-order valence-electron chi connectivity index (χ1n) is 9.92. The van der Waals surface area contributed by atoms with Gasteiger partial charge in [0.15, 0.2) is 5.11 Å². The summed E-state index contributed by atoms with van der Waals surface area (Å²) in [4.78, 5) is 0. The minimum Gasteiger partial charge on any atom is -0.494 e. The second-order valence-corrected chi connectivity index (χ2v) is 8.78. The van der Waals surface area contributed by atoms with Gasteiger partial charge >= 0.3 is 0 Å². The first-order valence-corrected chi connectivity index (χ1v) is 10.3. The largest absolute Gasteiger partial charge is 0.494 e. The number of thiocarbonyl (C=S) groups is 1. The summed E-state index contributed by atoms with van der Waals surface area (Å²) in [6, 6.07) is 8.29. The van der Waals surface area contributed by atoms with Crippen LogP contribution >= 0.6 is 12.2 Å². The summed E-state index contributed by atoms with van der Waals surface area (Å²) in [5, 5.41) is 8.02. The highest BCUT2D eigenvalue weighted by Gasteiger charge is 2.51. The van der Waals surface area contributed by atoms with Crippen LogP contribution in [0.15, 0.2) is 24.3 Å². The molecule has 0 aromatic heterocycles. The van der Waals surface area contributed by atoms with Crippen LogP contribution in [0.2, 0.25) is 0 Å². The predicted octanol–water partition coefficient (Wildman–Crippen LogP) is 4.06. The molecule has 0 amide bonds. The Morgan fingerprint density at radius 3 is 2.40 bits per heavy atom. The third-order valence-corrected chi connectivity index (χ3v) is 6.62. The molecule has 1 aromatic carbocycles. The van der Waals surface area contributed by atoms with E-state index in [1.54, 1.807) is 0 Å². The van der Waals surface area contributed by atoms with Crippen LogP contribution in [0.1, 0.15) is 51.0 Å². The van der Waals surface area contributed by atoms with Crippen molar-refractivity contribution in [2.75, 3.05) is 13.2 Å². The van der Waals surface area contributed by atoms with Crippen molar-refractivity contribution in [2.45, 2.75) is 57.4 Å². The zero-order valence-corrected chi connectivity index (χ0v) is 16.0. The van der Waals surface area contributed by atoms with Gasteiger partial charge < -0.3 is 15.4 Å². The van der Waals surface area contributed by atoms with E-state index in [1.807, 2.05) is 19.1 Å². The van der Waals surface area contributed by atoms with E-state index in [9.17, 15) is 0 Å². The van der Waals surface area contributed by atoms with Crippen molar-refractivity contribution < 1.29 is 4.74 Å². The monoisotopic (exact) mass is 358 g/mol. The molecular formula is C21H30N2OS. The molecule has 4 fully saturated rings. The highest BCUT2D eigenvalue weighted by atomic mass is 32.1. The lowest BCUT2D eigenvalue weighted by Crippen LogP contribution is -2.61. The summed E-state index contributed by atoms with van der Waals surface area (Å²) in [7, 11) is 0. The van der Waals surface area contributed by atoms with Gasteiger partial charge in [-0.25, -0.2) is 0 Å². The van der Waals surface area contributed by atoms with E-state index >= 15 is 0 Å². The summed E-state index contributed by atoms with van der Waals surface area (Å²) < 4.78 is 5.71. The molecule has 4 aliphatic carbocycles. The summed E-state index contributed by atoms with van der Waals surface area (Å²) in [6.45, 7) is 3.58. The third kappa shape index (κ3) is 3.79. The average Bonchev–Trinajstić information content (AvgIpc) is 2.55. The van der Waals surface area contributed by atoms with Gasteiger partial charge in [0.05, 0.1) is 6.61 Å². The maximum absolute atomic E-state index is 5.71. The quantitative estimate of drug-likeness (QED) is 0.752. The van der Waals surface area contributed by atoms with Gasteiger partial charge in [0.2, 0.25) is 0 Å². The smallest absolute Gasteiger partial charge is 0.166 e. The topological polar surface area (TPSA) is 33.3 Å². The second-order valence-electron chi connectivity index (χ2n) is 8.37. The number of rotatable bonds is 6. The number of hydrogen-bond donors (Lipinski definition) is 2. The van der Waals surface area contributed by atoms with E-state index in [2.05, 4.69) is 22.8 Å². The molecule has 4 heteroatoms. The fourth-order valence-electron chi connectivity index (χ4n) is 5.87. The summed E-state index contributed by atoms with van der Waals surface area (Å²) >= 11 is 5.64. The number of ether oxygens (including phenoxy) is 1. The molecular weight excluding hydrogens is 328 g/mol. The number of para-hydroxylation sites is 1. The van der Waals surface area contributed by atoms with Crippen LogP contribution in [0.4, 0.5) is 0 Å². The predicted molar refractivity (Wildman–Crippen MR) is 106 cm³/mol. The van der Waals surface area contributed by atoms with Gasteiger partial charge in [-0.1, -0.05) is 18.2 Å². The first kappa shape index (κ1) is 17.1. The molecule has 3 nitrogen and oxygen atoms in total. The van der Waals surface area contributed by atoms with Gasteiger partial charge in [-0.3, -0.25) is 0 Å². The van der Waals surface area contributed by atoms with Gasteiger partial charge in [-0.2, -0.15) is 0 Å². The normalized spacial score (nSPS) is 32.4. The van der Waals surface area contributed by atoms with Crippen LogP contribution in [0.5, 0.6) is 5.75 Å². The summed E-state index contributed by atoms with van der Waals surface area (Å²) in [5.74, 6) is 3.82. The first-order chi connectivity index (χ1) is 12.2. The molecule has 0 aliphatic heterocycles. The van der Waals surface area contributed by atoms with Crippen molar-refractivity contribution in [3.05, 3.63) is 29.8 Å². The number of nitrogens with one attached hydrogen (secondary N) is 2. The third-order valence-electron chi connectivity index (χ3n) is 6.37. The lowest BCUT2D eigenvalue weighted by atomic mass is 9.53. The van der Waals surface area contributed by atoms with Crippen molar-refractivity contribution in [2.24, 2.45) is 17.8 Å². The van der Waals surface area contributed by atoms with E-state index in [-0.39, 0.29) is 0 Å². The Bertz CT molecular complexity index is 595. The Hall–Kier alpha value is -1.29. The van der Waals surface area contributed by atoms with Crippen LogP contribution in [0, 0.1) is 17.8 Å². The Morgan fingerprint density at radius 2 is 1.76 bits per heavy atom. The average molecular weight is 359 g/mol. The number of benzene rings is 1. The Labute approximate surface area is 156 Å². The van der Waals surface area contributed by atoms with Crippen LogP contribution < -0.4 is 15.4 Å². The Kier molecular flexibility index (Phi) is 4.90. The van der Waals surface area contributed by atoms with Crippen molar-refractivity contribution in [1.82, 2.24) is 10.6 Å². The van der Waals surface area contributed by atoms with E-state index in [0.29, 0.717) is 12.1 Å². The molecule has 2 N–H and O–H groups in total. The zero-order valence-electron chi connectivity index (χ0n) is 15.2. The maximum Gasteiger partial charge on any atom is 0.166 e. The minimum absolute atomic E-state index is 0.294. The van der Waals surface area contributed by atoms with E-state index in [4.69, 9.17) is 17.0 Å². The van der Waals surface area contributed by atoms with Crippen molar-refractivity contribution in [1.29, 1.82) is 0 Å². The van der Waals surface area contributed by atoms with E-state index in [1.165, 1.54) is 44.1 Å². The summed E-state index contributed by atoms with van der Waals surface area (Å²) in [5.41, 5.74) is 1.54. The summed E-state index contributed by atoms with van der Waals surface area (Å²) in [6.07, 6.45) is 9.31. The molecule has 0 unspecified atom stereocenters. The van der Waals surface area contributed by atoms with Crippen LogP contribution in [-0.2, 0) is 6.42 Å². The molecule has 0 spiro atoms.